The summed E-state index contributed by atoms with van der Waals surface area (Å²) in [4.78, 5) is 25.6. The van der Waals surface area contributed by atoms with Crippen LogP contribution in [0, 0.1) is 5.92 Å². The number of esters is 2. The summed E-state index contributed by atoms with van der Waals surface area (Å²) < 4.78 is 11.1. The van der Waals surface area contributed by atoms with Gasteiger partial charge in [-0.15, -0.1) is 0 Å². The Labute approximate surface area is 192 Å². The monoisotopic (exact) mass is 438 g/mol. The maximum Gasteiger partial charge on any atom is 0.334 e. The van der Waals surface area contributed by atoms with Crippen molar-refractivity contribution in [1.29, 1.82) is 0 Å². The van der Waals surface area contributed by atoms with Crippen molar-refractivity contribution in [3.05, 3.63) is 11.1 Å². The molecule has 182 valence electrons. The van der Waals surface area contributed by atoms with Crippen molar-refractivity contribution < 1.29 is 19.1 Å². The van der Waals surface area contributed by atoms with Gasteiger partial charge in [0.25, 0.3) is 0 Å². The summed E-state index contributed by atoms with van der Waals surface area (Å²) in [5, 5.41) is 0. The van der Waals surface area contributed by atoms with Crippen molar-refractivity contribution in [2.24, 2.45) is 5.92 Å². The second-order valence-electron chi connectivity index (χ2n) is 8.96. The van der Waals surface area contributed by atoms with E-state index in [4.69, 9.17) is 9.47 Å². The van der Waals surface area contributed by atoms with Gasteiger partial charge in [0, 0.05) is 5.57 Å². The van der Waals surface area contributed by atoms with Crippen molar-refractivity contribution in [3.63, 3.8) is 0 Å². The third kappa shape index (κ3) is 15.2. The largest absolute Gasteiger partial charge is 0.462 e. The van der Waals surface area contributed by atoms with Gasteiger partial charge in [-0.2, -0.15) is 0 Å². The highest BCUT2D eigenvalue weighted by molar-refractivity contribution is 6.00. The molecule has 0 spiro atoms. The van der Waals surface area contributed by atoms with E-state index in [1.807, 2.05) is 13.8 Å². The molecule has 0 amide bonds. The Morgan fingerprint density at radius 1 is 0.581 bits per heavy atom. The topological polar surface area (TPSA) is 52.6 Å². The van der Waals surface area contributed by atoms with Gasteiger partial charge in [0.1, 0.15) is 0 Å². The number of rotatable bonds is 20. The summed E-state index contributed by atoms with van der Waals surface area (Å²) in [5.41, 5.74) is 1.03. The lowest BCUT2D eigenvalue weighted by molar-refractivity contribution is -0.143. The number of ether oxygens (including phenoxy) is 2. The SMILES string of the molecule is CCCCCCCCOC(=O)C(CCCC)=C(C(=O)OCCCCCCCC)C(C)C. The van der Waals surface area contributed by atoms with E-state index in [0.29, 0.717) is 30.8 Å². The molecule has 4 heteroatoms. The van der Waals surface area contributed by atoms with Gasteiger partial charge >= 0.3 is 11.9 Å². The number of unbranched alkanes of at least 4 members (excludes halogenated alkanes) is 11. The minimum Gasteiger partial charge on any atom is -0.462 e. The van der Waals surface area contributed by atoms with Gasteiger partial charge in [0.2, 0.25) is 0 Å². The zero-order valence-corrected chi connectivity index (χ0v) is 21.2. The molecule has 0 aromatic heterocycles. The first kappa shape index (κ1) is 29.7. The van der Waals surface area contributed by atoms with E-state index >= 15 is 0 Å². The molecule has 0 saturated heterocycles. The molecule has 0 rings (SSSR count). The molecule has 0 aliphatic carbocycles. The van der Waals surface area contributed by atoms with Gasteiger partial charge in [0.05, 0.1) is 18.8 Å². The number of hydrogen-bond donors (Lipinski definition) is 0. The average molecular weight is 439 g/mol. The summed E-state index contributed by atoms with van der Waals surface area (Å²) in [6.45, 7) is 11.3. The van der Waals surface area contributed by atoms with Crippen LogP contribution in [-0.2, 0) is 19.1 Å². The van der Waals surface area contributed by atoms with Gasteiger partial charge in [-0.1, -0.05) is 105 Å². The predicted octanol–water partition coefficient (Wildman–Crippen LogP) is 7.94. The Hall–Kier alpha value is -1.32. The van der Waals surface area contributed by atoms with Crippen molar-refractivity contribution >= 4 is 11.9 Å². The van der Waals surface area contributed by atoms with Crippen LogP contribution in [0.25, 0.3) is 0 Å². The van der Waals surface area contributed by atoms with E-state index in [1.165, 1.54) is 51.4 Å². The molecule has 0 bridgehead atoms. The molecule has 0 fully saturated rings. The van der Waals surface area contributed by atoms with Crippen LogP contribution in [0.4, 0.5) is 0 Å². The number of hydrogen-bond acceptors (Lipinski definition) is 4. The first-order valence-corrected chi connectivity index (χ1v) is 13.1. The summed E-state index contributed by atoms with van der Waals surface area (Å²) in [6.07, 6.45) is 16.2. The number of carbonyl (C=O) groups excluding carboxylic acids is 2. The van der Waals surface area contributed by atoms with Crippen LogP contribution in [0.5, 0.6) is 0 Å². The highest BCUT2D eigenvalue weighted by atomic mass is 16.5. The molecule has 31 heavy (non-hydrogen) atoms. The van der Waals surface area contributed by atoms with Crippen molar-refractivity contribution in [3.8, 4) is 0 Å². The Morgan fingerprint density at radius 2 is 1.00 bits per heavy atom. The molecule has 0 aromatic carbocycles. The summed E-state index contributed by atoms with van der Waals surface area (Å²) in [6, 6.07) is 0. The normalized spacial score (nSPS) is 12.1. The van der Waals surface area contributed by atoms with E-state index in [0.717, 1.165) is 38.5 Å². The fourth-order valence-corrected chi connectivity index (χ4v) is 3.67. The van der Waals surface area contributed by atoms with Crippen molar-refractivity contribution in [2.45, 2.75) is 131 Å². The highest BCUT2D eigenvalue weighted by Gasteiger charge is 2.25. The lowest BCUT2D eigenvalue weighted by atomic mass is 9.94. The summed E-state index contributed by atoms with van der Waals surface area (Å²) in [5.74, 6) is -0.737. The van der Waals surface area contributed by atoms with E-state index in [9.17, 15) is 9.59 Å². The van der Waals surface area contributed by atoms with Crippen LogP contribution in [0.3, 0.4) is 0 Å². The van der Waals surface area contributed by atoms with Crippen molar-refractivity contribution in [2.75, 3.05) is 13.2 Å². The first-order chi connectivity index (χ1) is 15.0. The molecule has 4 nitrogen and oxygen atoms in total. The Bertz CT molecular complexity index is 493. The third-order valence-electron chi connectivity index (χ3n) is 5.61. The quantitative estimate of drug-likeness (QED) is 0.110. The fraction of sp³-hybridized carbons (Fsp3) is 0.852. The standard InChI is InChI=1S/C27H50O4/c1-6-9-12-14-16-18-21-30-26(28)24(20-11-8-3)25(23(4)5)27(29)31-22-19-17-15-13-10-7-2/h23H,6-22H2,1-5H3. The van der Waals surface area contributed by atoms with Crippen LogP contribution >= 0.6 is 0 Å². The van der Waals surface area contributed by atoms with Crippen LogP contribution in [0.2, 0.25) is 0 Å². The van der Waals surface area contributed by atoms with Gasteiger partial charge in [-0.25, -0.2) is 9.59 Å². The van der Waals surface area contributed by atoms with E-state index in [1.54, 1.807) is 0 Å². The minimum atomic E-state index is -0.342. The molecule has 0 aliphatic heterocycles. The van der Waals surface area contributed by atoms with E-state index in [-0.39, 0.29) is 17.9 Å². The lowest BCUT2D eigenvalue weighted by Crippen LogP contribution is -2.21. The minimum absolute atomic E-state index is 0.0643. The lowest BCUT2D eigenvalue weighted by Gasteiger charge is -2.17. The Kier molecular flexibility index (Phi) is 19.7. The molecule has 0 unspecified atom stereocenters. The summed E-state index contributed by atoms with van der Waals surface area (Å²) >= 11 is 0. The van der Waals surface area contributed by atoms with Gasteiger partial charge in [-0.05, 0) is 31.6 Å². The number of carbonyl (C=O) groups is 2. The molecule has 0 heterocycles. The molecule has 0 saturated carbocycles. The van der Waals surface area contributed by atoms with Gasteiger partial charge in [-0.3, -0.25) is 0 Å². The molecular formula is C27H50O4. The first-order valence-electron chi connectivity index (χ1n) is 13.1. The fourth-order valence-electron chi connectivity index (χ4n) is 3.67. The molecule has 0 aromatic rings. The second-order valence-corrected chi connectivity index (χ2v) is 8.96. The molecule has 0 N–H and O–H groups in total. The average Bonchev–Trinajstić information content (AvgIpc) is 2.74. The predicted molar refractivity (Wildman–Crippen MR) is 130 cm³/mol. The van der Waals surface area contributed by atoms with Crippen LogP contribution in [0.15, 0.2) is 11.1 Å². The highest BCUT2D eigenvalue weighted by Crippen LogP contribution is 2.23. The Balaban J connectivity index is 4.79. The van der Waals surface area contributed by atoms with Gasteiger partial charge in [0.15, 0.2) is 0 Å². The van der Waals surface area contributed by atoms with Crippen molar-refractivity contribution in [1.82, 2.24) is 0 Å². The maximum absolute atomic E-state index is 12.8. The van der Waals surface area contributed by atoms with Crippen LogP contribution in [-0.4, -0.2) is 25.2 Å². The smallest absolute Gasteiger partial charge is 0.334 e. The zero-order valence-electron chi connectivity index (χ0n) is 21.2. The third-order valence-corrected chi connectivity index (χ3v) is 5.61. The maximum atomic E-state index is 12.8. The summed E-state index contributed by atoms with van der Waals surface area (Å²) in [7, 11) is 0. The van der Waals surface area contributed by atoms with Crippen LogP contribution in [0.1, 0.15) is 131 Å². The van der Waals surface area contributed by atoms with Crippen LogP contribution < -0.4 is 0 Å². The molecule has 0 aliphatic rings. The second kappa shape index (κ2) is 20.6. The van der Waals surface area contributed by atoms with E-state index in [2.05, 4.69) is 20.8 Å². The zero-order chi connectivity index (χ0) is 23.3. The molecule has 0 radical (unpaired) electrons. The van der Waals surface area contributed by atoms with E-state index < -0.39 is 0 Å². The Morgan fingerprint density at radius 3 is 1.45 bits per heavy atom. The molecule has 0 atom stereocenters. The molecular weight excluding hydrogens is 388 g/mol. The van der Waals surface area contributed by atoms with Gasteiger partial charge < -0.3 is 9.47 Å².